The van der Waals surface area contributed by atoms with Gasteiger partial charge in [-0.25, -0.2) is 0 Å². The molecular formula is C22H18N4O2S. The standard InChI is InChI=1S/C22H18N4O2S/c1-14-8-9-29-17(14)18-21(11-23,12-24)22(13-25)16(10-15-6-4-3-5-7-15)20(2,27-18)28-19(22)26/h3-9,16,18,26H,10H2,1-2H3. The summed E-state index contributed by atoms with van der Waals surface area (Å²) in [6.45, 7) is 3.57. The second kappa shape index (κ2) is 6.42. The van der Waals surface area contributed by atoms with E-state index in [4.69, 9.17) is 14.9 Å². The molecule has 2 bridgehead atoms. The van der Waals surface area contributed by atoms with Crippen LogP contribution in [0.2, 0.25) is 0 Å². The average Bonchev–Trinajstić information content (AvgIpc) is 3.21. The lowest BCUT2D eigenvalue weighted by Gasteiger charge is -2.48. The highest BCUT2D eigenvalue weighted by Crippen LogP contribution is 2.67. The molecule has 4 rings (SSSR count). The second-order valence-corrected chi connectivity index (χ2v) is 8.55. The van der Waals surface area contributed by atoms with Crippen molar-refractivity contribution in [3.05, 3.63) is 57.8 Å². The van der Waals surface area contributed by atoms with E-state index < -0.39 is 28.6 Å². The zero-order chi connectivity index (χ0) is 20.9. The van der Waals surface area contributed by atoms with Gasteiger partial charge in [0.05, 0.1) is 24.1 Å². The number of benzene rings is 1. The van der Waals surface area contributed by atoms with E-state index in [2.05, 4.69) is 18.2 Å². The third-order valence-electron chi connectivity index (χ3n) is 6.14. The zero-order valence-electron chi connectivity index (χ0n) is 16.0. The number of nitrogens with zero attached hydrogens (tertiary/aromatic N) is 3. The molecule has 1 N–H and O–H groups in total. The van der Waals surface area contributed by atoms with Gasteiger partial charge in [0, 0.05) is 11.8 Å². The summed E-state index contributed by atoms with van der Waals surface area (Å²) in [6.07, 6.45) is -0.647. The highest BCUT2D eigenvalue weighted by Gasteiger charge is 2.79. The lowest BCUT2D eigenvalue weighted by molar-refractivity contribution is -0.271. The lowest BCUT2D eigenvalue weighted by Crippen LogP contribution is -2.59. The fraction of sp³-hybridized carbons (Fsp3) is 0.364. The SMILES string of the molecule is Cc1ccsc1C1OC2(C)OC(=N)C(C#N)(C2Cc2ccccc2)C1(C#N)C#N. The quantitative estimate of drug-likeness (QED) is 0.824. The molecule has 4 atom stereocenters. The molecular weight excluding hydrogens is 384 g/mol. The van der Waals surface area contributed by atoms with Gasteiger partial charge in [0.25, 0.3) is 0 Å². The zero-order valence-corrected chi connectivity index (χ0v) is 16.8. The Kier molecular flexibility index (Phi) is 4.24. The maximum Gasteiger partial charge on any atom is 0.215 e. The van der Waals surface area contributed by atoms with Crippen molar-refractivity contribution >= 4 is 17.2 Å². The first-order valence-corrected chi connectivity index (χ1v) is 10.0. The first-order chi connectivity index (χ1) is 13.9. The molecule has 2 saturated heterocycles. The third-order valence-corrected chi connectivity index (χ3v) is 7.20. The Morgan fingerprint density at radius 2 is 1.79 bits per heavy atom. The van der Waals surface area contributed by atoms with E-state index >= 15 is 0 Å². The van der Waals surface area contributed by atoms with Gasteiger partial charge < -0.3 is 9.47 Å². The summed E-state index contributed by atoms with van der Waals surface area (Å²) in [7, 11) is 0. The van der Waals surface area contributed by atoms with Crippen LogP contribution in [0.1, 0.15) is 29.0 Å². The van der Waals surface area contributed by atoms with Crippen molar-refractivity contribution < 1.29 is 9.47 Å². The first kappa shape index (κ1) is 19.2. The number of fused-ring (bicyclic) bond motifs is 2. The maximum atomic E-state index is 10.4. The Labute approximate surface area is 173 Å². The largest absolute Gasteiger partial charge is 0.448 e. The van der Waals surface area contributed by atoms with E-state index in [0.717, 1.165) is 11.1 Å². The van der Waals surface area contributed by atoms with Gasteiger partial charge in [0.1, 0.15) is 6.10 Å². The molecule has 0 saturated carbocycles. The van der Waals surface area contributed by atoms with Crippen molar-refractivity contribution in [3.63, 3.8) is 0 Å². The summed E-state index contributed by atoms with van der Waals surface area (Å²) in [5.41, 5.74) is -1.87. The maximum absolute atomic E-state index is 10.4. The van der Waals surface area contributed by atoms with Gasteiger partial charge >= 0.3 is 0 Å². The van der Waals surface area contributed by atoms with Gasteiger partial charge in [-0.05, 0) is 35.9 Å². The van der Waals surface area contributed by atoms with Gasteiger partial charge in [-0.1, -0.05) is 30.3 Å². The Bertz CT molecular complexity index is 1090. The monoisotopic (exact) mass is 402 g/mol. The summed E-state index contributed by atoms with van der Waals surface area (Å²) in [5, 5.41) is 41.3. The number of thiophene rings is 1. The van der Waals surface area contributed by atoms with E-state index in [9.17, 15) is 15.8 Å². The van der Waals surface area contributed by atoms with Crippen LogP contribution in [0, 0.1) is 63.1 Å². The van der Waals surface area contributed by atoms with E-state index in [1.54, 1.807) is 6.92 Å². The van der Waals surface area contributed by atoms with Crippen molar-refractivity contribution in [1.29, 1.82) is 21.2 Å². The number of hydrogen-bond acceptors (Lipinski definition) is 7. The molecule has 0 spiro atoms. The number of nitriles is 3. The molecule has 0 amide bonds. The van der Waals surface area contributed by atoms with E-state index in [-0.39, 0.29) is 5.90 Å². The lowest BCUT2D eigenvalue weighted by atomic mass is 9.53. The van der Waals surface area contributed by atoms with Crippen molar-refractivity contribution in [2.45, 2.75) is 32.2 Å². The molecule has 0 aliphatic carbocycles. The van der Waals surface area contributed by atoms with Crippen LogP contribution in [0.4, 0.5) is 0 Å². The predicted octanol–water partition coefficient (Wildman–Crippen LogP) is 4.25. The molecule has 7 heteroatoms. The molecule has 3 heterocycles. The highest BCUT2D eigenvalue weighted by molar-refractivity contribution is 7.10. The Balaban J connectivity index is 1.96. The van der Waals surface area contributed by atoms with Crippen LogP contribution in [-0.4, -0.2) is 11.7 Å². The van der Waals surface area contributed by atoms with Crippen LogP contribution in [0.3, 0.4) is 0 Å². The fourth-order valence-corrected chi connectivity index (χ4v) is 5.64. The summed E-state index contributed by atoms with van der Waals surface area (Å²) >= 11 is 1.37. The topological polar surface area (TPSA) is 114 Å². The van der Waals surface area contributed by atoms with Crippen LogP contribution in [0.5, 0.6) is 0 Å². The molecule has 6 nitrogen and oxygen atoms in total. The Morgan fingerprint density at radius 3 is 2.34 bits per heavy atom. The third kappa shape index (κ3) is 2.31. The van der Waals surface area contributed by atoms with E-state index in [1.165, 1.54) is 11.3 Å². The minimum atomic E-state index is -1.91. The highest BCUT2D eigenvalue weighted by atomic mass is 32.1. The van der Waals surface area contributed by atoms with Gasteiger partial charge in [-0.3, -0.25) is 5.41 Å². The molecule has 2 aliphatic heterocycles. The summed E-state index contributed by atoms with van der Waals surface area (Å²) in [6, 6.07) is 17.7. The van der Waals surface area contributed by atoms with Crippen LogP contribution < -0.4 is 0 Å². The van der Waals surface area contributed by atoms with Gasteiger partial charge in [-0.2, -0.15) is 15.8 Å². The first-order valence-electron chi connectivity index (χ1n) is 9.16. The molecule has 29 heavy (non-hydrogen) atoms. The Hall–Kier alpha value is -3.18. The minimum absolute atomic E-state index is 0.342. The number of aryl methyl sites for hydroxylation is 1. The fourth-order valence-electron chi connectivity index (χ4n) is 4.62. The van der Waals surface area contributed by atoms with Crippen molar-refractivity contribution in [2.24, 2.45) is 16.7 Å². The molecule has 2 aromatic rings. The van der Waals surface area contributed by atoms with Crippen LogP contribution in [-0.2, 0) is 15.9 Å². The van der Waals surface area contributed by atoms with Crippen molar-refractivity contribution in [3.8, 4) is 18.2 Å². The molecule has 1 aromatic carbocycles. The number of rotatable bonds is 3. The number of hydrogen-bond donors (Lipinski definition) is 1. The smallest absolute Gasteiger partial charge is 0.215 e. The molecule has 4 unspecified atom stereocenters. The molecule has 1 aromatic heterocycles. The summed E-state index contributed by atoms with van der Waals surface area (Å²) in [4.78, 5) is 0.704. The average molecular weight is 402 g/mol. The van der Waals surface area contributed by atoms with E-state index in [1.807, 2.05) is 48.7 Å². The normalized spacial score (nSPS) is 31.9. The molecule has 0 radical (unpaired) electrons. The Morgan fingerprint density at radius 1 is 1.10 bits per heavy atom. The van der Waals surface area contributed by atoms with Gasteiger partial charge in [0.15, 0.2) is 5.41 Å². The van der Waals surface area contributed by atoms with Crippen LogP contribution in [0.15, 0.2) is 41.8 Å². The summed E-state index contributed by atoms with van der Waals surface area (Å²) in [5.74, 6) is -2.37. The predicted molar refractivity (Wildman–Crippen MR) is 105 cm³/mol. The molecule has 144 valence electrons. The second-order valence-electron chi connectivity index (χ2n) is 7.61. The minimum Gasteiger partial charge on any atom is -0.448 e. The van der Waals surface area contributed by atoms with Gasteiger partial charge in [-0.15, -0.1) is 11.3 Å². The van der Waals surface area contributed by atoms with Crippen LogP contribution >= 0.6 is 11.3 Å². The van der Waals surface area contributed by atoms with Gasteiger partial charge in [0.2, 0.25) is 17.1 Å². The summed E-state index contributed by atoms with van der Waals surface area (Å²) < 4.78 is 12.1. The number of nitrogens with one attached hydrogen (secondary N) is 1. The van der Waals surface area contributed by atoms with Crippen molar-refractivity contribution in [2.75, 3.05) is 0 Å². The number of ether oxygens (including phenoxy) is 2. The molecule has 2 fully saturated rings. The van der Waals surface area contributed by atoms with Crippen molar-refractivity contribution in [1.82, 2.24) is 0 Å². The van der Waals surface area contributed by atoms with Crippen LogP contribution in [0.25, 0.3) is 0 Å². The van der Waals surface area contributed by atoms with E-state index in [0.29, 0.717) is 11.3 Å². The molecule has 2 aliphatic rings.